The maximum Gasteiger partial charge on any atom is 0.242 e. The molecule has 4 nitrogen and oxygen atoms in total. The van der Waals surface area contributed by atoms with Crippen LogP contribution in [0.15, 0.2) is 66.0 Å². The van der Waals surface area contributed by atoms with Crippen LogP contribution in [0.25, 0.3) is 0 Å². The van der Waals surface area contributed by atoms with Crippen molar-refractivity contribution in [2.24, 2.45) is 0 Å². The summed E-state index contributed by atoms with van der Waals surface area (Å²) in [5.41, 5.74) is 3.12. The van der Waals surface area contributed by atoms with Crippen LogP contribution in [0, 0.1) is 12.7 Å². The van der Waals surface area contributed by atoms with E-state index in [1.165, 1.54) is 12.1 Å². The van der Waals surface area contributed by atoms with Crippen molar-refractivity contribution >= 4 is 23.2 Å². The van der Waals surface area contributed by atoms with E-state index in [0.717, 1.165) is 34.4 Å². The first-order chi connectivity index (χ1) is 16.5. The molecule has 0 saturated heterocycles. The van der Waals surface area contributed by atoms with Crippen LogP contribution in [0.3, 0.4) is 0 Å². The standard InChI is InChI=1S/C28H33FN2O2S/c1-3-4-17-30(27(32)15-12-23-8-6-5-7-9-23)21-28(33)31(20-26-22(2)16-18-34-26)19-24-10-13-25(29)14-11-24/h5-11,13-14,16,18H,3-4,12,15,17,19-21H2,1-2H3. The molecule has 0 aliphatic rings. The van der Waals surface area contributed by atoms with Crippen molar-refractivity contribution in [2.75, 3.05) is 13.1 Å². The normalized spacial score (nSPS) is 10.8. The largest absolute Gasteiger partial charge is 0.333 e. The molecule has 0 aliphatic heterocycles. The first kappa shape index (κ1) is 25.6. The van der Waals surface area contributed by atoms with Crippen molar-refractivity contribution in [3.8, 4) is 0 Å². The average Bonchev–Trinajstić information content (AvgIpc) is 3.25. The molecule has 6 heteroatoms. The van der Waals surface area contributed by atoms with E-state index < -0.39 is 0 Å². The van der Waals surface area contributed by atoms with Crippen LogP contribution in [0.4, 0.5) is 4.39 Å². The lowest BCUT2D eigenvalue weighted by atomic mass is 10.1. The molecule has 2 amide bonds. The van der Waals surface area contributed by atoms with E-state index in [-0.39, 0.29) is 24.2 Å². The van der Waals surface area contributed by atoms with Gasteiger partial charge in [-0.2, -0.15) is 0 Å². The summed E-state index contributed by atoms with van der Waals surface area (Å²) in [7, 11) is 0. The predicted octanol–water partition coefficient (Wildman–Crippen LogP) is 5.99. The summed E-state index contributed by atoms with van der Waals surface area (Å²) in [6.45, 7) is 5.58. The highest BCUT2D eigenvalue weighted by atomic mass is 32.1. The third kappa shape index (κ3) is 7.80. The Balaban J connectivity index is 1.72. The smallest absolute Gasteiger partial charge is 0.242 e. The molecule has 0 N–H and O–H groups in total. The molecule has 3 rings (SSSR count). The van der Waals surface area contributed by atoms with Gasteiger partial charge in [-0.25, -0.2) is 4.39 Å². The zero-order chi connectivity index (χ0) is 24.3. The number of benzene rings is 2. The highest BCUT2D eigenvalue weighted by Crippen LogP contribution is 2.20. The summed E-state index contributed by atoms with van der Waals surface area (Å²) in [5.74, 6) is -0.397. The lowest BCUT2D eigenvalue weighted by molar-refractivity contribution is -0.141. The van der Waals surface area contributed by atoms with Gasteiger partial charge < -0.3 is 9.80 Å². The Labute approximate surface area is 206 Å². The molecule has 180 valence electrons. The van der Waals surface area contributed by atoms with Crippen LogP contribution in [-0.2, 0) is 29.1 Å². The first-order valence-corrected chi connectivity index (χ1v) is 12.7. The Bertz CT molecular complexity index is 1050. The molecule has 34 heavy (non-hydrogen) atoms. The van der Waals surface area contributed by atoms with Gasteiger partial charge in [0.2, 0.25) is 11.8 Å². The molecule has 0 saturated carbocycles. The predicted molar refractivity (Wildman–Crippen MR) is 136 cm³/mol. The second-order valence-corrected chi connectivity index (χ2v) is 9.56. The minimum atomic E-state index is -0.300. The number of unbranched alkanes of at least 4 members (excludes halogenated alkanes) is 1. The molecule has 0 spiro atoms. The number of amides is 2. The van der Waals surface area contributed by atoms with Crippen molar-refractivity contribution in [3.05, 3.63) is 93.4 Å². The zero-order valence-corrected chi connectivity index (χ0v) is 20.8. The zero-order valence-electron chi connectivity index (χ0n) is 20.0. The van der Waals surface area contributed by atoms with E-state index in [0.29, 0.717) is 32.5 Å². The van der Waals surface area contributed by atoms with Crippen molar-refractivity contribution in [1.29, 1.82) is 0 Å². The SMILES string of the molecule is CCCCN(CC(=O)N(Cc1ccc(F)cc1)Cc1sccc1C)C(=O)CCc1ccccc1. The van der Waals surface area contributed by atoms with E-state index >= 15 is 0 Å². The molecule has 0 bridgehead atoms. The number of halogens is 1. The Kier molecular flexibility index (Phi) is 9.83. The summed E-state index contributed by atoms with van der Waals surface area (Å²) in [5, 5.41) is 2.02. The fourth-order valence-electron chi connectivity index (χ4n) is 3.74. The molecule has 2 aromatic carbocycles. The third-order valence-electron chi connectivity index (χ3n) is 5.87. The Hall–Kier alpha value is -2.99. The maximum absolute atomic E-state index is 13.5. The van der Waals surface area contributed by atoms with Gasteiger partial charge in [-0.05, 0) is 60.0 Å². The second-order valence-electron chi connectivity index (χ2n) is 8.56. The molecule has 0 radical (unpaired) electrons. The quantitative estimate of drug-likeness (QED) is 0.320. The number of aryl methyl sites for hydroxylation is 2. The van der Waals surface area contributed by atoms with E-state index in [9.17, 15) is 14.0 Å². The van der Waals surface area contributed by atoms with Crippen LogP contribution < -0.4 is 0 Å². The fraction of sp³-hybridized carbons (Fsp3) is 0.357. The molecule has 0 fully saturated rings. The monoisotopic (exact) mass is 480 g/mol. The number of rotatable bonds is 12. The Morgan fingerprint density at radius 2 is 1.62 bits per heavy atom. The number of hydrogen-bond donors (Lipinski definition) is 0. The van der Waals surface area contributed by atoms with Crippen molar-refractivity contribution in [2.45, 2.75) is 52.6 Å². The molecule has 1 heterocycles. The van der Waals surface area contributed by atoms with Gasteiger partial charge in [0.25, 0.3) is 0 Å². The van der Waals surface area contributed by atoms with Gasteiger partial charge >= 0.3 is 0 Å². The third-order valence-corrected chi connectivity index (χ3v) is 6.88. The summed E-state index contributed by atoms with van der Waals surface area (Å²) >= 11 is 1.62. The lowest BCUT2D eigenvalue weighted by Gasteiger charge is -2.28. The number of thiophene rings is 1. The summed E-state index contributed by atoms with van der Waals surface area (Å²) in [4.78, 5) is 31.1. The average molecular weight is 481 g/mol. The second kappa shape index (κ2) is 13.0. The van der Waals surface area contributed by atoms with Crippen LogP contribution in [-0.4, -0.2) is 34.7 Å². The van der Waals surface area contributed by atoms with Crippen LogP contribution in [0.1, 0.15) is 47.8 Å². The van der Waals surface area contributed by atoms with Gasteiger partial charge in [0.1, 0.15) is 5.82 Å². The van der Waals surface area contributed by atoms with E-state index in [2.05, 4.69) is 6.92 Å². The van der Waals surface area contributed by atoms with Gasteiger partial charge in [0, 0.05) is 24.4 Å². The molecular weight excluding hydrogens is 447 g/mol. The van der Waals surface area contributed by atoms with Crippen LogP contribution >= 0.6 is 11.3 Å². The summed E-state index contributed by atoms with van der Waals surface area (Å²) in [6.07, 6.45) is 2.84. The van der Waals surface area contributed by atoms with Gasteiger partial charge in [-0.3, -0.25) is 9.59 Å². The van der Waals surface area contributed by atoms with Gasteiger partial charge in [0.15, 0.2) is 0 Å². The van der Waals surface area contributed by atoms with Gasteiger partial charge in [-0.15, -0.1) is 11.3 Å². The van der Waals surface area contributed by atoms with Crippen molar-refractivity contribution in [3.63, 3.8) is 0 Å². The molecule has 0 atom stereocenters. The van der Waals surface area contributed by atoms with E-state index in [1.54, 1.807) is 33.3 Å². The molecule has 0 aliphatic carbocycles. The minimum Gasteiger partial charge on any atom is -0.333 e. The summed E-state index contributed by atoms with van der Waals surface area (Å²) in [6, 6.07) is 18.2. The molecule has 1 aromatic heterocycles. The molecular formula is C28H33FN2O2S. The first-order valence-electron chi connectivity index (χ1n) is 11.8. The van der Waals surface area contributed by atoms with E-state index in [1.807, 2.05) is 48.7 Å². The highest BCUT2D eigenvalue weighted by Gasteiger charge is 2.22. The maximum atomic E-state index is 13.5. The number of carbonyl (C=O) groups excluding carboxylic acids is 2. The lowest BCUT2D eigenvalue weighted by Crippen LogP contribution is -2.43. The Morgan fingerprint density at radius 3 is 2.26 bits per heavy atom. The van der Waals surface area contributed by atoms with Crippen LogP contribution in [0.5, 0.6) is 0 Å². The Morgan fingerprint density at radius 1 is 0.882 bits per heavy atom. The van der Waals surface area contributed by atoms with Crippen molar-refractivity contribution in [1.82, 2.24) is 9.80 Å². The minimum absolute atomic E-state index is 0.000288. The molecule has 3 aromatic rings. The van der Waals surface area contributed by atoms with Gasteiger partial charge in [0.05, 0.1) is 13.1 Å². The van der Waals surface area contributed by atoms with Crippen LogP contribution in [0.2, 0.25) is 0 Å². The topological polar surface area (TPSA) is 40.6 Å². The van der Waals surface area contributed by atoms with E-state index in [4.69, 9.17) is 0 Å². The number of carbonyl (C=O) groups is 2. The summed E-state index contributed by atoms with van der Waals surface area (Å²) < 4.78 is 13.4. The molecule has 0 unspecified atom stereocenters. The highest BCUT2D eigenvalue weighted by molar-refractivity contribution is 7.10. The van der Waals surface area contributed by atoms with Gasteiger partial charge in [-0.1, -0.05) is 55.8 Å². The van der Waals surface area contributed by atoms with Crippen molar-refractivity contribution < 1.29 is 14.0 Å². The fourth-order valence-corrected chi connectivity index (χ4v) is 4.66. The number of hydrogen-bond acceptors (Lipinski definition) is 3. The number of nitrogens with zero attached hydrogens (tertiary/aromatic N) is 2.